The van der Waals surface area contributed by atoms with Gasteiger partial charge in [-0.15, -0.1) is 18.3 Å². The lowest BCUT2D eigenvalue weighted by Crippen LogP contribution is -2.46. The van der Waals surface area contributed by atoms with Crippen molar-refractivity contribution in [3.05, 3.63) is 78.5 Å². The molecule has 0 radical (unpaired) electrons. The minimum absolute atomic E-state index is 0.261. The lowest BCUT2D eigenvalue weighted by atomic mass is 10.1. The average Bonchev–Trinajstić information content (AvgIpc) is 3.29. The molecule has 0 spiro atoms. The molecule has 1 aromatic heterocycles. The number of rotatable bonds is 6. The molecule has 4 rings (SSSR count). The van der Waals surface area contributed by atoms with Gasteiger partial charge in [0.05, 0.1) is 25.5 Å². The first-order valence-corrected chi connectivity index (χ1v) is 10.3. The smallest absolute Gasteiger partial charge is 0.406 e. The fraction of sp³-hybridized carbons (Fsp3) is 0.261. The first-order valence-electron chi connectivity index (χ1n) is 10.3. The van der Waals surface area contributed by atoms with Crippen molar-refractivity contribution in [1.82, 2.24) is 19.9 Å². The molecule has 1 aliphatic heterocycles. The third-order valence-corrected chi connectivity index (χ3v) is 4.99. The predicted molar refractivity (Wildman–Crippen MR) is 113 cm³/mol. The van der Waals surface area contributed by atoms with Crippen molar-refractivity contribution < 1.29 is 27.4 Å². The van der Waals surface area contributed by atoms with E-state index < -0.39 is 12.4 Å². The van der Waals surface area contributed by atoms with E-state index in [1.165, 1.54) is 30.5 Å². The maximum absolute atomic E-state index is 13.0. The maximum atomic E-state index is 13.0. The highest BCUT2D eigenvalue weighted by molar-refractivity contribution is 5.76. The largest absolute Gasteiger partial charge is 0.573 e. The first-order chi connectivity index (χ1) is 15.9. The van der Waals surface area contributed by atoms with Crippen molar-refractivity contribution in [3.8, 4) is 17.0 Å². The molecule has 172 valence electrons. The molecule has 7 nitrogen and oxygen atoms in total. The summed E-state index contributed by atoms with van der Waals surface area (Å²) in [5, 5.41) is 8.26. The molecule has 0 saturated heterocycles. The van der Waals surface area contributed by atoms with Gasteiger partial charge in [0.15, 0.2) is 0 Å². The molecule has 1 aliphatic rings. The number of hydrogen-bond donors (Lipinski definition) is 0. The van der Waals surface area contributed by atoms with Crippen LogP contribution in [0.2, 0.25) is 0 Å². The molecule has 0 aliphatic carbocycles. The number of nitrogens with zero attached hydrogens (tertiary/aromatic N) is 4. The van der Waals surface area contributed by atoms with Crippen molar-refractivity contribution in [2.24, 2.45) is 0 Å². The quantitative estimate of drug-likeness (QED) is 0.503. The van der Waals surface area contributed by atoms with E-state index >= 15 is 0 Å². The van der Waals surface area contributed by atoms with Gasteiger partial charge in [-0.2, -0.15) is 5.10 Å². The molecule has 0 fully saturated rings. The standard InChI is InChI=1S/C23H21F3N4O3/c24-23(25,26)33-20-11-9-18(10-12-20)21-14-27-30(28-21)22(31)29-13-5-4-8-19(29)16-32-15-17-6-2-1-3-7-17/h1-4,6-12,14,19H,5,13,15-16H2/t19-/m1/s1. The molecular weight excluding hydrogens is 437 g/mol. The molecule has 1 atom stereocenters. The van der Waals surface area contributed by atoms with E-state index in [1.807, 2.05) is 42.5 Å². The summed E-state index contributed by atoms with van der Waals surface area (Å²) < 4.78 is 46.7. The first kappa shape index (κ1) is 22.5. The number of carbonyl (C=O) groups is 1. The van der Waals surface area contributed by atoms with Gasteiger partial charge in [-0.05, 0) is 36.2 Å². The molecular formula is C23H21F3N4O3. The van der Waals surface area contributed by atoms with Crippen LogP contribution in [-0.4, -0.2) is 51.5 Å². The summed E-state index contributed by atoms with van der Waals surface area (Å²) in [6.45, 7) is 1.26. The predicted octanol–water partition coefficient (Wildman–Crippen LogP) is 4.66. The average molecular weight is 458 g/mol. The summed E-state index contributed by atoms with van der Waals surface area (Å²) in [7, 11) is 0. The Hall–Kier alpha value is -3.66. The molecule has 10 heteroatoms. The fourth-order valence-corrected chi connectivity index (χ4v) is 3.42. The van der Waals surface area contributed by atoms with Gasteiger partial charge in [0, 0.05) is 12.1 Å². The summed E-state index contributed by atoms with van der Waals surface area (Å²) in [6, 6.07) is 14.3. The van der Waals surface area contributed by atoms with Crippen molar-refractivity contribution >= 4 is 6.03 Å². The highest BCUT2D eigenvalue weighted by Crippen LogP contribution is 2.25. The Labute approximate surface area is 188 Å². The van der Waals surface area contributed by atoms with E-state index in [-0.39, 0.29) is 11.8 Å². The fourth-order valence-electron chi connectivity index (χ4n) is 3.42. The van der Waals surface area contributed by atoms with Crippen LogP contribution in [-0.2, 0) is 11.3 Å². The van der Waals surface area contributed by atoms with Crippen LogP contribution in [0, 0.1) is 0 Å². The highest BCUT2D eigenvalue weighted by Gasteiger charge is 2.31. The van der Waals surface area contributed by atoms with Gasteiger partial charge in [0.2, 0.25) is 0 Å². The van der Waals surface area contributed by atoms with E-state index in [1.54, 1.807) is 4.90 Å². The van der Waals surface area contributed by atoms with Crippen LogP contribution in [0.15, 0.2) is 72.9 Å². The van der Waals surface area contributed by atoms with Crippen molar-refractivity contribution in [2.45, 2.75) is 25.4 Å². The minimum Gasteiger partial charge on any atom is -0.406 e. The Kier molecular flexibility index (Phi) is 6.74. The van der Waals surface area contributed by atoms with E-state index in [4.69, 9.17) is 4.74 Å². The van der Waals surface area contributed by atoms with Gasteiger partial charge in [-0.25, -0.2) is 4.79 Å². The van der Waals surface area contributed by atoms with Gasteiger partial charge < -0.3 is 14.4 Å². The molecule has 0 bridgehead atoms. The topological polar surface area (TPSA) is 69.5 Å². The Morgan fingerprint density at radius 2 is 1.85 bits per heavy atom. The molecule has 0 saturated carbocycles. The molecule has 2 aromatic carbocycles. The zero-order valence-corrected chi connectivity index (χ0v) is 17.5. The number of ether oxygens (including phenoxy) is 2. The Morgan fingerprint density at radius 1 is 1.09 bits per heavy atom. The zero-order valence-electron chi connectivity index (χ0n) is 17.5. The lowest BCUT2D eigenvalue weighted by molar-refractivity contribution is -0.274. The second kappa shape index (κ2) is 9.86. The van der Waals surface area contributed by atoms with Crippen molar-refractivity contribution in [2.75, 3.05) is 13.2 Å². The van der Waals surface area contributed by atoms with Crippen molar-refractivity contribution in [1.29, 1.82) is 0 Å². The Bertz CT molecular complexity index is 1100. The number of benzene rings is 2. The monoisotopic (exact) mass is 458 g/mol. The molecule has 2 heterocycles. The van der Waals surface area contributed by atoms with Gasteiger partial charge in [-0.1, -0.05) is 47.3 Å². The summed E-state index contributed by atoms with van der Waals surface area (Å²) in [4.78, 5) is 15.6. The highest BCUT2D eigenvalue weighted by atomic mass is 19.4. The van der Waals surface area contributed by atoms with Crippen LogP contribution in [0.5, 0.6) is 5.75 Å². The van der Waals surface area contributed by atoms with Crippen LogP contribution >= 0.6 is 0 Å². The lowest BCUT2D eigenvalue weighted by Gasteiger charge is -2.31. The second-order valence-corrected chi connectivity index (χ2v) is 7.35. The normalized spacial score (nSPS) is 16.1. The molecule has 3 aromatic rings. The summed E-state index contributed by atoms with van der Waals surface area (Å²) in [5.41, 5.74) is 1.90. The van der Waals surface area contributed by atoms with E-state index in [9.17, 15) is 18.0 Å². The molecule has 0 N–H and O–H groups in total. The van der Waals surface area contributed by atoms with Crippen LogP contribution in [0.4, 0.5) is 18.0 Å². The summed E-state index contributed by atoms with van der Waals surface area (Å²) in [5.74, 6) is -0.340. The van der Waals surface area contributed by atoms with Gasteiger partial charge in [0.1, 0.15) is 11.4 Å². The third-order valence-electron chi connectivity index (χ3n) is 4.99. The Morgan fingerprint density at radius 3 is 2.58 bits per heavy atom. The van der Waals surface area contributed by atoms with Gasteiger partial charge >= 0.3 is 12.4 Å². The van der Waals surface area contributed by atoms with Crippen LogP contribution in [0.3, 0.4) is 0 Å². The molecule has 1 amide bonds. The number of aromatic nitrogens is 3. The SMILES string of the molecule is O=C(N1CCC=C[C@@H]1COCc1ccccc1)n1ncc(-c2ccc(OC(F)(F)F)cc2)n1. The summed E-state index contributed by atoms with van der Waals surface area (Å²) in [6.07, 6.45) is 1.26. The number of hydrogen-bond acceptors (Lipinski definition) is 5. The number of carbonyl (C=O) groups excluding carboxylic acids is 1. The van der Waals surface area contributed by atoms with Gasteiger partial charge in [0.25, 0.3) is 0 Å². The third kappa shape index (κ3) is 5.98. The second-order valence-electron chi connectivity index (χ2n) is 7.35. The number of alkyl halides is 3. The Balaban J connectivity index is 1.40. The molecule has 33 heavy (non-hydrogen) atoms. The van der Waals surface area contributed by atoms with Crippen LogP contribution in [0.25, 0.3) is 11.3 Å². The van der Waals surface area contributed by atoms with Crippen LogP contribution < -0.4 is 4.74 Å². The van der Waals surface area contributed by atoms with E-state index in [0.29, 0.717) is 37.4 Å². The van der Waals surface area contributed by atoms with Gasteiger partial charge in [-0.3, -0.25) is 0 Å². The number of halogens is 3. The van der Waals surface area contributed by atoms with E-state index in [0.717, 1.165) is 10.4 Å². The maximum Gasteiger partial charge on any atom is 0.573 e. The van der Waals surface area contributed by atoms with Crippen molar-refractivity contribution in [3.63, 3.8) is 0 Å². The molecule has 0 unspecified atom stereocenters. The van der Waals surface area contributed by atoms with E-state index in [2.05, 4.69) is 14.9 Å². The van der Waals surface area contributed by atoms with Crippen LogP contribution in [0.1, 0.15) is 12.0 Å². The summed E-state index contributed by atoms with van der Waals surface area (Å²) >= 11 is 0. The zero-order chi connectivity index (χ0) is 23.3. The minimum atomic E-state index is -4.76. The number of amides is 1.